The number of carbonyl (C=O) groups is 4. The number of β-lactam (4-membered cyclic amide) rings is 1. The number of fused-ring (bicyclic) bond motifs is 1. The third-order valence-electron chi connectivity index (χ3n) is 5.74. The van der Waals surface area contributed by atoms with Crippen LogP contribution in [0, 0.1) is 0 Å². The number of aromatic nitrogens is 3. The van der Waals surface area contributed by atoms with E-state index in [2.05, 4.69) is 20.4 Å². The molecular weight excluding hydrogens is 588 g/mol. The molecule has 4 heterocycles. The number of thiazole rings is 1. The van der Waals surface area contributed by atoms with Crippen molar-refractivity contribution in [2.45, 2.75) is 29.1 Å². The van der Waals surface area contributed by atoms with Crippen molar-refractivity contribution in [1.29, 1.82) is 0 Å². The van der Waals surface area contributed by atoms with E-state index in [0.29, 0.717) is 11.8 Å². The lowest BCUT2D eigenvalue weighted by Gasteiger charge is -2.50. The topological polar surface area (TPSA) is 282 Å². The minimum atomic E-state index is -2.02. The Labute approximate surface area is 237 Å². The Bertz CT molecular complexity index is 1460. The Kier molecular flexibility index (Phi) is 7.93. The summed E-state index contributed by atoms with van der Waals surface area (Å²) in [6, 6.07) is 0.293. The Hall–Kier alpha value is -4.30. The molecular formula is C20H22N10O7S3. The number of oxime groups is 1. The van der Waals surface area contributed by atoms with Gasteiger partial charge < -0.3 is 42.4 Å². The number of carboxylic acid groups (broad SMARTS) is 2. The van der Waals surface area contributed by atoms with Crippen LogP contribution in [-0.4, -0.2) is 72.9 Å². The van der Waals surface area contributed by atoms with Gasteiger partial charge in [-0.3, -0.25) is 20.3 Å². The van der Waals surface area contributed by atoms with Crippen molar-refractivity contribution < 1.29 is 38.9 Å². The highest BCUT2D eigenvalue weighted by molar-refractivity contribution is 8.01. The number of nitrogens with one attached hydrogen (secondary N) is 1. The van der Waals surface area contributed by atoms with Crippen molar-refractivity contribution in [3.05, 3.63) is 28.4 Å². The standard InChI is InChI=1S/C20H22N10O7S3/c1-20(17(35)36,8-6-39-18(23)26-8)37-25-3-11(31)28-12-14(32)29-13(16(33)34)7(4-38-15(12)29)5-40-19-27-9(21)2-10(22)30(19)24/h2-3,6,12,15H,4-5,24H2,1H3,(H8,21,22,23,26,28,31,33,34,35,36)/b25-3-/t12?,15?,20-/m0/s1. The first-order valence-electron chi connectivity index (χ1n) is 11.0. The number of amides is 2. The Balaban J connectivity index is 1.41. The first-order valence-corrected chi connectivity index (χ1v) is 14.0. The fourth-order valence-electron chi connectivity index (χ4n) is 3.64. The van der Waals surface area contributed by atoms with Gasteiger partial charge in [-0.2, -0.15) is 0 Å². The number of rotatable bonds is 10. The van der Waals surface area contributed by atoms with Gasteiger partial charge in [-0.15, -0.1) is 27.8 Å². The average Bonchev–Trinajstić information content (AvgIpc) is 3.34. The molecule has 0 spiro atoms. The van der Waals surface area contributed by atoms with Crippen molar-refractivity contribution in [3.63, 3.8) is 0 Å². The van der Waals surface area contributed by atoms with E-state index in [-0.39, 0.29) is 44.8 Å². The lowest BCUT2D eigenvalue weighted by atomic mass is 10.0. The van der Waals surface area contributed by atoms with Crippen LogP contribution >= 0.6 is 34.9 Å². The minimum Gasteiger partial charge on any atom is -0.543 e. The highest BCUT2D eigenvalue weighted by Crippen LogP contribution is 2.41. The fourth-order valence-corrected chi connectivity index (χ4v) is 6.73. The molecule has 1 fully saturated rings. The molecule has 1 saturated heterocycles. The molecule has 20 heteroatoms. The highest BCUT2D eigenvalue weighted by Gasteiger charge is 2.52. The summed E-state index contributed by atoms with van der Waals surface area (Å²) in [6.45, 7) is 1.18. The van der Waals surface area contributed by atoms with Crippen molar-refractivity contribution in [1.82, 2.24) is 20.2 Å². The lowest BCUT2D eigenvalue weighted by molar-refractivity contribution is -0.667. The summed E-state index contributed by atoms with van der Waals surface area (Å²) in [5.74, 6) is 1.87. The van der Waals surface area contributed by atoms with Crippen LogP contribution in [0.2, 0.25) is 0 Å². The number of aliphatic carboxylic acids is 2. The monoisotopic (exact) mass is 610 g/mol. The fraction of sp³-hybridized carbons (Fsp3) is 0.300. The number of carboxylic acids is 2. The molecule has 212 valence electrons. The molecule has 17 nitrogen and oxygen atoms in total. The molecule has 0 saturated carbocycles. The van der Waals surface area contributed by atoms with E-state index < -0.39 is 40.8 Å². The third kappa shape index (κ3) is 5.40. The maximum Gasteiger partial charge on any atom is 0.357 e. The van der Waals surface area contributed by atoms with Crippen LogP contribution in [0.1, 0.15) is 12.6 Å². The van der Waals surface area contributed by atoms with Gasteiger partial charge >= 0.3 is 11.1 Å². The Morgan fingerprint density at radius 1 is 1.40 bits per heavy atom. The van der Waals surface area contributed by atoms with Crippen molar-refractivity contribution in [2.75, 3.05) is 34.5 Å². The van der Waals surface area contributed by atoms with E-state index in [4.69, 9.17) is 27.9 Å². The minimum absolute atomic E-state index is 0.0182. The zero-order chi connectivity index (χ0) is 29.4. The molecule has 2 aliphatic rings. The molecule has 10 N–H and O–H groups in total. The Morgan fingerprint density at radius 3 is 2.75 bits per heavy atom. The van der Waals surface area contributed by atoms with E-state index in [1.54, 1.807) is 0 Å². The number of hydrogen-bond acceptors (Lipinski definition) is 16. The predicted molar refractivity (Wildman–Crippen MR) is 142 cm³/mol. The maximum atomic E-state index is 12.8. The third-order valence-corrected chi connectivity index (χ3v) is 8.80. The second-order valence-electron chi connectivity index (χ2n) is 8.42. The second kappa shape index (κ2) is 11.1. The van der Waals surface area contributed by atoms with E-state index >= 15 is 0 Å². The van der Waals surface area contributed by atoms with E-state index in [0.717, 1.165) is 32.7 Å². The number of thioether (sulfide) groups is 2. The van der Waals surface area contributed by atoms with Crippen LogP contribution in [-0.2, 0) is 29.6 Å². The van der Waals surface area contributed by atoms with Gasteiger partial charge in [0.05, 0.1) is 17.7 Å². The van der Waals surface area contributed by atoms with Gasteiger partial charge in [0.1, 0.15) is 23.3 Å². The van der Waals surface area contributed by atoms with Gasteiger partial charge in [-0.1, -0.05) is 10.1 Å². The van der Waals surface area contributed by atoms with Gasteiger partial charge in [-0.05, 0) is 24.3 Å². The molecule has 4 rings (SSSR count). The first kappa shape index (κ1) is 28.7. The number of carbonyl (C=O) groups excluding carboxylic acids is 3. The zero-order valence-electron chi connectivity index (χ0n) is 20.5. The second-order valence-corrected chi connectivity index (χ2v) is 11.4. The molecule has 2 aliphatic heterocycles. The summed E-state index contributed by atoms with van der Waals surface area (Å²) in [6.07, 6.45) is 0.657. The summed E-state index contributed by atoms with van der Waals surface area (Å²) in [4.78, 5) is 63.0. The summed E-state index contributed by atoms with van der Waals surface area (Å²) < 4.78 is 1.09. The van der Waals surface area contributed by atoms with Crippen LogP contribution in [0.4, 0.5) is 16.8 Å². The number of anilines is 3. The summed E-state index contributed by atoms with van der Waals surface area (Å²) in [5.41, 5.74) is 15.0. The molecule has 0 bridgehead atoms. The molecule has 2 aromatic heterocycles. The van der Waals surface area contributed by atoms with Gasteiger partial charge in [0, 0.05) is 16.9 Å². The molecule has 3 atom stereocenters. The Morgan fingerprint density at radius 2 is 2.12 bits per heavy atom. The van der Waals surface area contributed by atoms with Crippen molar-refractivity contribution in [3.8, 4) is 0 Å². The molecule has 2 amide bonds. The molecule has 0 aliphatic carbocycles. The highest BCUT2D eigenvalue weighted by atomic mass is 32.2. The van der Waals surface area contributed by atoms with E-state index in [9.17, 15) is 29.4 Å². The maximum absolute atomic E-state index is 12.8. The van der Waals surface area contributed by atoms with Gasteiger partial charge in [0.25, 0.3) is 17.4 Å². The zero-order valence-corrected chi connectivity index (χ0v) is 22.9. The van der Waals surface area contributed by atoms with Crippen molar-refractivity contribution >= 4 is 81.6 Å². The van der Waals surface area contributed by atoms with Crippen LogP contribution in [0.25, 0.3) is 0 Å². The van der Waals surface area contributed by atoms with E-state index in [1.807, 2.05) is 0 Å². The van der Waals surface area contributed by atoms with Gasteiger partial charge in [0.2, 0.25) is 11.6 Å². The first-order chi connectivity index (χ1) is 18.8. The number of nitrogen functional groups attached to an aromatic ring is 4. The molecule has 0 aromatic carbocycles. The smallest absolute Gasteiger partial charge is 0.357 e. The molecule has 40 heavy (non-hydrogen) atoms. The summed E-state index contributed by atoms with van der Waals surface area (Å²) in [5, 5.41) is 28.4. The predicted octanol–water partition coefficient (Wildman–Crippen LogP) is -3.22. The van der Waals surface area contributed by atoms with E-state index in [1.165, 1.54) is 30.1 Å². The van der Waals surface area contributed by atoms with Crippen LogP contribution in [0.3, 0.4) is 0 Å². The SMILES string of the molecule is C[C@@](O/N=C\C(=O)NC1C(=O)N2C(C(=O)[O-])=C(CSc3nc(N)cc(N)[n+]3N)CSC12)(C(=O)O)c1csc(N)n1. The summed E-state index contributed by atoms with van der Waals surface area (Å²) >= 11 is 3.29. The largest absolute Gasteiger partial charge is 0.543 e. The quantitative estimate of drug-likeness (QED) is 0.0293. The molecule has 2 aromatic rings. The van der Waals surface area contributed by atoms with Gasteiger partial charge in [0.15, 0.2) is 5.13 Å². The van der Waals surface area contributed by atoms with Crippen molar-refractivity contribution in [2.24, 2.45) is 5.16 Å². The normalized spacial score (nSPS) is 20.0. The molecule has 2 unspecified atom stereocenters. The number of nitrogens with zero attached hydrogens (tertiary/aromatic N) is 5. The average molecular weight is 611 g/mol. The van der Waals surface area contributed by atoms with Crippen LogP contribution in [0.5, 0.6) is 0 Å². The summed E-state index contributed by atoms with van der Waals surface area (Å²) in [7, 11) is 0. The lowest BCUT2D eigenvalue weighted by Crippen LogP contribution is -2.71. The molecule has 0 radical (unpaired) electrons. The number of hydrogen-bond donors (Lipinski definition) is 6. The van der Waals surface area contributed by atoms with Gasteiger partial charge in [-0.25, -0.2) is 9.78 Å². The van der Waals surface area contributed by atoms with Crippen LogP contribution < -0.4 is 38.1 Å². The number of nitrogens with two attached hydrogens (primary N) is 4. The van der Waals surface area contributed by atoms with Crippen LogP contribution in [0.15, 0.2) is 33.0 Å².